The molecule has 0 amide bonds. The molecule has 6 atom stereocenters. The van der Waals surface area contributed by atoms with E-state index in [0.29, 0.717) is 0 Å². The SMILES string of the molecule is C=C(C(=O)OC)S(=O)[C@H]1O[C@H](COC(C)=O)[C@@H](OC(C)=O)[C@H](OC(C)=O)[C@H]1OC(C)=O. The minimum Gasteiger partial charge on any atom is -0.465 e. The third-order valence-corrected chi connectivity index (χ3v) is 5.27. The Balaban J connectivity index is 3.49. The van der Waals surface area contributed by atoms with Gasteiger partial charge in [-0.3, -0.25) is 23.4 Å². The first-order valence-electron chi connectivity index (χ1n) is 8.87. The Labute approximate surface area is 180 Å². The van der Waals surface area contributed by atoms with Gasteiger partial charge in [0.25, 0.3) is 0 Å². The summed E-state index contributed by atoms with van der Waals surface area (Å²) in [4.78, 5) is 57.6. The van der Waals surface area contributed by atoms with Crippen LogP contribution >= 0.6 is 0 Å². The maximum Gasteiger partial charge on any atom is 0.346 e. The van der Waals surface area contributed by atoms with E-state index in [1.165, 1.54) is 0 Å². The smallest absolute Gasteiger partial charge is 0.346 e. The molecule has 0 aromatic rings. The molecular weight excluding hydrogens is 440 g/mol. The van der Waals surface area contributed by atoms with Crippen molar-refractivity contribution in [1.82, 2.24) is 0 Å². The van der Waals surface area contributed by atoms with Crippen molar-refractivity contribution in [3.8, 4) is 0 Å². The number of ether oxygens (including phenoxy) is 6. The molecule has 1 fully saturated rings. The minimum absolute atomic E-state index is 0.490. The van der Waals surface area contributed by atoms with Crippen LogP contribution in [-0.2, 0) is 63.2 Å². The summed E-state index contributed by atoms with van der Waals surface area (Å²) in [5.41, 5.74) is -1.60. The van der Waals surface area contributed by atoms with E-state index >= 15 is 0 Å². The van der Waals surface area contributed by atoms with Gasteiger partial charge in [-0.25, -0.2) is 4.79 Å². The number of methoxy groups -OCH3 is 1. The van der Waals surface area contributed by atoms with E-state index in [-0.39, 0.29) is 0 Å². The molecule has 0 aromatic carbocycles. The molecule has 0 saturated carbocycles. The zero-order chi connectivity index (χ0) is 23.9. The number of rotatable bonds is 8. The molecule has 1 heterocycles. The van der Waals surface area contributed by atoms with Gasteiger partial charge in [0.15, 0.2) is 23.7 Å². The number of carbonyl (C=O) groups is 5. The molecule has 0 radical (unpaired) electrons. The highest BCUT2D eigenvalue weighted by Gasteiger charge is 2.54. The molecule has 174 valence electrons. The topological polar surface area (TPSA) is 158 Å². The van der Waals surface area contributed by atoms with Crippen molar-refractivity contribution in [2.45, 2.75) is 57.5 Å². The fraction of sp³-hybridized carbons (Fsp3) is 0.611. The second kappa shape index (κ2) is 11.6. The standard InChI is InChI=1S/C18H24O12S/c1-8(17(23)25-6)31(24)18-16(29-12(5)22)15(28-11(4)21)14(27-10(3)20)13(30-18)7-26-9(2)19/h13-16,18H,1,7H2,2-6H3/t13-,14-,15+,16-,18-,31?/m1/s1. The van der Waals surface area contributed by atoms with Gasteiger partial charge in [0.2, 0.25) is 0 Å². The molecule has 1 saturated heterocycles. The molecule has 31 heavy (non-hydrogen) atoms. The molecule has 0 aliphatic carbocycles. The molecule has 1 aliphatic heterocycles. The minimum atomic E-state index is -2.37. The third-order valence-electron chi connectivity index (χ3n) is 3.82. The van der Waals surface area contributed by atoms with Crippen LogP contribution < -0.4 is 0 Å². The zero-order valence-electron chi connectivity index (χ0n) is 17.6. The summed E-state index contributed by atoms with van der Waals surface area (Å²) in [6, 6.07) is 0. The Bertz CT molecular complexity index is 776. The Kier molecular flexibility index (Phi) is 9.78. The van der Waals surface area contributed by atoms with E-state index in [0.717, 1.165) is 34.8 Å². The van der Waals surface area contributed by atoms with Crippen molar-refractivity contribution < 1.29 is 56.6 Å². The van der Waals surface area contributed by atoms with Crippen LogP contribution in [0.15, 0.2) is 11.5 Å². The van der Waals surface area contributed by atoms with Crippen LogP contribution in [0, 0.1) is 0 Å². The lowest BCUT2D eigenvalue weighted by atomic mass is 9.99. The summed E-state index contributed by atoms with van der Waals surface area (Å²) in [5, 5.41) is 0. The van der Waals surface area contributed by atoms with Gasteiger partial charge in [0, 0.05) is 27.7 Å². The van der Waals surface area contributed by atoms with Gasteiger partial charge in [-0.15, -0.1) is 0 Å². The van der Waals surface area contributed by atoms with E-state index in [2.05, 4.69) is 11.3 Å². The van der Waals surface area contributed by atoms with Crippen LogP contribution in [0.4, 0.5) is 0 Å². The summed E-state index contributed by atoms with van der Waals surface area (Å²) in [6.45, 7) is 7.17. The van der Waals surface area contributed by atoms with Gasteiger partial charge >= 0.3 is 29.8 Å². The van der Waals surface area contributed by atoms with E-state index in [1.807, 2.05) is 0 Å². The van der Waals surface area contributed by atoms with Gasteiger partial charge in [-0.2, -0.15) is 0 Å². The summed E-state index contributed by atoms with van der Waals surface area (Å²) in [5.74, 6) is -4.24. The first-order valence-corrected chi connectivity index (χ1v) is 10.1. The summed E-state index contributed by atoms with van der Waals surface area (Å²) >= 11 is 0. The lowest BCUT2D eigenvalue weighted by Gasteiger charge is -2.43. The summed E-state index contributed by atoms with van der Waals surface area (Å²) in [7, 11) is -1.33. The molecule has 12 nitrogen and oxygen atoms in total. The lowest BCUT2D eigenvalue weighted by molar-refractivity contribution is -0.238. The van der Waals surface area contributed by atoms with E-state index in [4.69, 9.17) is 23.7 Å². The van der Waals surface area contributed by atoms with Crippen molar-refractivity contribution in [3.05, 3.63) is 11.5 Å². The number of hydrogen-bond donors (Lipinski definition) is 0. The van der Waals surface area contributed by atoms with Crippen LogP contribution in [0.3, 0.4) is 0 Å². The van der Waals surface area contributed by atoms with Crippen molar-refractivity contribution in [3.63, 3.8) is 0 Å². The molecule has 0 spiro atoms. The van der Waals surface area contributed by atoms with E-state index < -0.39 is 82.0 Å². The average molecular weight is 464 g/mol. The van der Waals surface area contributed by atoms with Crippen molar-refractivity contribution >= 4 is 40.6 Å². The molecule has 0 aromatic heterocycles. The maximum atomic E-state index is 13.0. The largest absolute Gasteiger partial charge is 0.465 e. The summed E-state index contributed by atoms with van der Waals surface area (Å²) in [6.07, 6.45) is -5.76. The van der Waals surface area contributed by atoms with Crippen molar-refractivity contribution in [2.75, 3.05) is 13.7 Å². The predicted molar refractivity (Wildman–Crippen MR) is 101 cm³/mol. The highest BCUT2D eigenvalue weighted by molar-refractivity contribution is 7.90. The molecule has 1 rings (SSSR count). The number of esters is 5. The van der Waals surface area contributed by atoms with Crippen LogP contribution in [0.1, 0.15) is 27.7 Å². The van der Waals surface area contributed by atoms with E-state index in [9.17, 15) is 28.2 Å². The van der Waals surface area contributed by atoms with Crippen LogP contribution in [0.25, 0.3) is 0 Å². The summed E-state index contributed by atoms with van der Waals surface area (Å²) < 4.78 is 43.6. The maximum absolute atomic E-state index is 13.0. The normalized spacial score (nSPS) is 26.0. The van der Waals surface area contributed by atoms with Gasteiger partial charge < -0.3 is 28.4 Å². The fourth-order valence-corrected chi connectivity index (χ4v) is 3.92. The number of hydrogen-bond acceptors (Lipinski definition) is 12. The number of carbonyl (C=O) groups excluding carboxylic acids is 5. The predicted octanol–water partition coefficient (Wildman–Crippen LogP) is -0.495. The zero-order valence-corrected chi connectivity index (χ0v) is 18.4. The van der Waals surface area contributed by atoms with Crippen molar-refractivity contribution in [1.29, 1.82) is 0 Å². The van der Waals surface area contributed by atoms with Gasteiger partial charge in [0.1, 0.15) is 17.6 Å². The Morgan fingerprint density at radius 2 is 1.32 bits per heavy atom. The average Bonchev–Trinajstić information content (AvgIpc) is 2.66. The highest BCUT2D eigenvalue weighted by Crippen LogP contribution is 2.32. The molecule has 1 aliphatic rings. The van der Waals surface area contributed by atoms with Crippen molar-refractivity contribution in [2.24, 2.45) is 0 Å². The second-order valence-corrected chi connectivity index (χ2v) is 7.83. The molecule has 13 heteroatoms. The van der Waals surface area contributed by atoms with Gasteiger partial charge in [-0.05, 0) is 0 Å². The molecular formula is C18H24O12S. The quantitative estimate of drug-likeness (QED) is 0.258. The first kappa shape index (κ1) is 26.2. The van der Waals surface area contributed by atoms with Crippen LogP contribution in [-0.4, -0.2) is 77.6 Å². The molecule has 1 unspecified atom stereocenters. The Hall–Kier alpha value is -2.80. The second-order valence-electron chi connectivity index (χ2n) is 6.28. The van der Waals surface area contributed by atoms with Crippen LogP contribution in [0.5, 0.6) is 0 Å². The molecule has 0 bridgehead atoms. The monoisotopic (exact) mass is 464 g/mol. The molecule has 0 N–H and O–H groups in total. The first-order chi connectivity index (χ1) is 14.4. The van der Waals surface area contributed by atoms with Gasteiger partial charge in [0.05, 0.1) is 17.9 Å². The fourth-order valence-electron chi connectivity index (χ4n) is 2.70. The van der Waals surface area contributed by atoms with E-state index in [1.54, 1.807) is 0 Å². The Morgan fingerprint density at radius 1 is 0.839 bits per heavy atom. The Morgan fingerprint density at radius 3 is 1.77 bits per heavy atom. The van der Waals surface area contributed by atoms with Gasteiger partial charge in [-0.1, -0.05) is 6.58 Å². The lowest BCUT2D eigenvalue weighted by Crippen LogP contribution is -2.63. The highest BCUT2D eigenvalue weighted by atomic mass is 32.2. The van der Waals surface area contributed by atoms with Crippen LogP contribution in [0.2, 0.25) is 0 Å². The third kappa shape index (κ3) is 7.43.